The first kappa shape index (κ1) is 16.8. The van der Waals surface area contributed by atoms with Crippen LogP contribution in [0.2, 0.25) is 0 Å². The number of pyridine rings is 1. The molecule has 0 aliphatic carbocycles. The molecule has 0 saturated carbocycles. The summed E-state index contributed by atoms with van der Waals surface area (Å²) in [6, 6.07) is 11.1. The zero-order chi connectivity index (χ0) is 16.7. The fraction of sp³-hybridized carbons (Fsp3) is 0.294. The Hall–Kier alpha value is -2.60. The van der Waals surface area contributed by atoms with Crippen LogP contribution in [0.3, 0.4) is 0 Å². The van der Waals surface area contributed by atoms with Gasteiger partial charge >= 0.3 is 0 Å². The van der Waals surface area contributed by atoms with Crippen LogP contribution < -0.4 is 15.4 Å². The van der Waals surface area contributed by atoms with Gasteiger partial charge in [0.1, 0.15) is 11.4 Å². The second kappa shape index (κ2) is 8.14. The van der Waals surface area contributed by atoms with Crippen molar-refractivity contribution in [2.75, 3.05) is 39.6 Å². The van der Waals surface area contributed by atoms with Crippen LogP contribution in [-0.2, 0) is 0 Å². The van der Waals surface area contributed by atoms with Gasteiger partial charge in [-0.2, -0.15) is 0 Å². The molecule has 0 atom stereocenters. The lowest BCUT2D eigenvalue weighted by Gasteiger charge is -2.12. The molecule has 23 heavy (non-hydrogen) atoms. The van der Waals surface area contributed by atoms with Crippen molar-refractivity contribution in [3.05, 3.63) is 48.3 Å². The summed E-state index contributed by atoms with van der Waals surface area (Å²) < 4.78 is 5.29. The predicted octanol–water partition coefficient (Wildman–Crippen LogP) is 2.13. The molecule has 0 aliphatic rings. The van der Waals surface area contributed by atoms with Gasteiger partial charge in [-0.3, -0.25) is 4.79 Å². The molecule has 0 radical (unpaired) electrons. The van der Waals surface area contributed by atoms with E-state index >= 15 is 0 Å². The Kier molecular flexibility index (Phi) is 5.94. The molecule has 0 fully saturated rings. The molecule has 0 saturated heterocycles. The average molecular weight is 314 g/mol. The quantitative estimate of drug-likeness (QED) is 0.819. The van der Waals surface area contributed by atoms with Crippen LogP contribution in [0.1, 0.15) is 10.5 Å². The molecule has 2 rings (SSSR count). The summed E-state index contributed by atoms with van der Waals surface area (Å²) in [5, 5.41) is 6.06. The molecule has 0 unspecified atom stereocenters. The van der Waals surface area contributed by atoms with E-state index in [9.17, 15) is 4.79 Å². The Morgan fingerprint density at radius 2 is 2.00 bits per heavy atom. The van der Waals surface area contributed by atoms with Gasteiger partial charge in [-0.05, 0) is 38.4 Å². The Balaban J connectivity index is 1.98. The molecule has 6 nitrogen and oxygen atoms in total. The summed E-state index contributed by atoms with van der Waals surface area (Å²) in [5.74, 6) is 0.577. The fourth-order valence-electron chi connectivity index (χ4n) is 1.99. The largest absolute Gasteiger partial charge is 0.495 e. The van der Waals surface area contributed by atoms with Crippen LogP contribution in [0.5, 0.6) is 5.75 Å². The van der Waals surface area contributed by atoms with E-state index in [-0.39, 0.29) is 5.91 Å². The van der Waals surface area contributed by atoms with Crippen molar-refractivity contribution >= 4 is 17.3 Å². The van der Waals surface area contributed by atoms with Crippen LogP contribution in [0.15, 0.2) is 42.6 Å². The van der Waals surface area contributed by atoms with E-state index < -0.39 is 0 Å². The number of amides is 1. The molecule has 2 aromatic rings. The van der Waals surface area contributed by atoms with Gasteiger partial charge in [0.2, 0.25) is 0 Å². The molecule has 0 aliphatic heterocycles. The molecule has 1 amide bonds. The van der Waals surface area contributed by atoms with Crippen molar-refractivity contribution in [1.29, 1.82) is 0 Å². The van der Waals surface area contributed by atoms with E-state index in [2.05, 4.69) is 15.6 Å². The first-order valence-electron chi connectivity index (χ1n) is 7.39. The van der Waals surface area contributed by atoms with Crippen LogP contribution in [0, 0.1) is 0 Å². The number of ether oxygens (including phenoxy) is 1. The first-order valence-corrected chi connectivity index (χ1v) is 7.39. The maximum absolute atomic E-state index is 12.0. The Labute approximate surface area is 136 Å². The molecule has 1 aromatic carbocycles. The van der Waals surface area contributed by atoms with Crippen molar-refractivity contribution in [1.82, 2.24) is 15.2 Å². The lowest BCUT2D eigenvalue weighted by Crippen LogP contribution is -2.31. The lowest BCUT2D eigenvalue weighted by atomic mass is 10.2. The van der Waals surface area contributed by atoms with Crippen LogP contribution in [0.4, 0.5) is 11.4 Å². The summed E-state index contributed by atoms with van der Waals surface area (Å²) in [4.78, 5) is 18.2. The van der Waals surface area contributed by atoms with Crippen molar-refractivity contribution in [3.8, 4) is 5.75 Å². The van der Waals surface area contributed by atoms with Gasteiger partial charge in [-0.15, -0.1) is 0 Å². The van der Waals surface area contributed by atoms with Gasteiger partial charge in [0.05, 0.1) is 24.7 Å². The van der Waals surface area contributed by atoms with Crippen molar-refractivity contribution in [2.45, 2.75) is 0 Å². The highest BCUT2D eigenvalue weighted by Gasteiger charge is 2.07. The number of nitrogens with zero attached hydrogens (tertiary/aromatic N) is 2. The van der Waals surface area contributed by atoms with E-state index in [0.717, 1.165) is 23.7 Å². The van der Waals surface area contributed by atoms with Gasteiger partial charge in [0.15, 0.2) is 0 Å². The smallest absolute Gasteiger partial charge is 0.269 e. The Bertz CT molecular complexity index is 641. The molecular weight excluding hydrogens is 292 g/mol. The highest BCUT2D eigenvalue weighted by atomic mass is 16.5. The van der Waals surface area contributed by atoms with Gasteiger partial charge in [0.25, 0.3) is 5.91 Å². The van der Waals surface area contributed by atoms with Crippen LogP contribution >= 0.6 is 0 Å². The monoisotopic (exact) mass is 314 g/mol. The van der Waals surface area contributed by atoms with E-state index in [0.29, 0.717) is 12.2 Å². The third kappa shape index (κ3) is 4.96. The van der Waals surface area contributed by atoms with Crippen molar-refractivity contribution < 1.29 is 9.53 Å². The summed E-state index contributed by atoms with van der Waals surface area (Å²) in [5.41, 5.74) is 2.04. The number of aromatic nitrogens is 1. The number of carbonyl (C=O) groups is 1. The summed E-state index contributed by atoms with van der Waals surface area (Å²) >= 11 is 0. The number of anilines is 2. The topological polar surface area (TPSA) is 66.5 Å². The highest BCUT2D eigenvalue weighted by Crippen LogP contribution is 2.26. The SMILES string of the molecule is COc1ccccc1Nc1ccc(C(=O)NCCN(C)C)nc1. The van der Waals surface area contributed by atoms with E-state index in [1.165, 1.54) is 0 Å². The fourth-order valence-corrected chi connectivity index (χ4v) is 1.99. The second-order valence-corrected chi connectivity index (χ2v) is 5.32. The normalized spacial score (nSPS) is 10.4. The second-order valence-electron chi connectivity index (χ2n) is 5.32. The number of carbonyl (C=O) groups excluding carboxylic acids is 1. The number of hydrogen-bond acceptors (Lipinski definition) is 5. The third-order valence-corrected chi connectivity index (χ3v) is 3.23. The summed E-state index contributed by atoms with van der Waals surface area (Å²) in [6.07, 6.45) is 1.63. The molecular formula is C17H22N4O2. The number of para-hydroxylation sites is 2. The number of likely N-dealkylation sites (N-methyl/N-ethyl adjacent to an activating group) is 1. The first-order chi connectivity index (χ1) is 11.1. The molecule has 0 spiro atoms. The number of rotatable bonds is 7. The predicted molar refractivity (Wildman–Crippen MR) is 91.4 cm³/mol. The molecule has 1 aromatic heterocycles. The Morgan fingerprint density at radius 1 is 1.22 bits per heavy atom. The maximum atomic E-state index is 12.0. The summed E-state index contributed by atoms with van der Waals surface area (Å²) in [6.45, 7) is 1.38. The Morgan fingerprint density at radius 3 is 2.65 bits per heavy atom. The number of benzene rings is 1. The third-order valence-electron chi connectivity index (χ3n) is 3.23. The number of methoxy groups -OCH3 is 1. The van der Waals surface area contributed by atoms with E-state index in [4.69, 9.17) is 4.74 Å². The minimum absolute atomic E-state index is 0.171. The van der Waals surface area contributed by atoms with E-state index in [1.807, 2.05) is 49.3 Å². The maximum Gasteiger partial charge on any atom is 0.269 e. The standard InChI is InChI=1S/C17H22N4O2/c1-21(2)11-10-18-17(22)15-9-8-13(12-19-15)20-14-6-4-5-7-16(14)23-3/h4-9,12,20H,10-11H2,1-3H3,(H,18,22). The van der Waals surface area contributed by atoms with Gasteiger partial charge in [0, 0.05) is 13.1 Å². The molecule has 0 bridgehead atoms. The highest BCUT2D eigenvalue weighted by molar-refractivity contribution is 5.92. The van der Waals surface area contributed by atoms with Gasteiger partial charge in [-0.25, -0.2) is 4.98 Å². The zero-order valence-electron chi connectivity index (χ0n) is 13.7. The molecule has 1 heterocycles. The minimum atomic E-state index is -0.171. The van der Waals surface area contributed by atoms with Gasteiger partial charge in [-0.1, -0.05) is 12.1 Å². The molecule has 6 heteroatoms. The molecule has 122 valence electrons. The lowest BCUT2D eigenvalue weighted by molar-refractivity contribution is 0.0946. The number of hydrogen-bond donors (Lipinski definition) is 2. The number of nitrogens with one attached hydrogen (secondary N) is 2. The minimum Gasteiger partial charge on any atom is -0.495 e. The van der Waals surface area contributed by atoms with Gasteiger partial charge < -0.3 is 20.3 Å². The van der Waals surface area contributed by atoms with Crippen molar-refractivity contribution in [3.63, 3.8) is 0 Å². The average Bonchev–Trinajstić information content (AvgIpc) is 2.55. The van der Waals surface area contributed by atoms with Crippen LogP contribution in [-0.4, -0.2) is 50.1 Å². The summed E-state index contributed by atoms with van der Waals surface area (Å²) in [7, 11) is 5.55. The van der Waals surface area contributed by atoms with E-state index in [1.54, 1.807) is 19.4 Å². The van der Waals surface area contributed by atoms with Crippen molar-refractivity contribution in [2.24, 2.45) is 0 Å². The zero-order valence-corrected chi connectivity index (χ0v) is 13.7. The van der Waals surface area contributed by atoms with Crippen LogP contribution in [0.25, 0.3) is 0 Å². The molecule has 2 N–H and O–H groups in total.